The van der Waals surface area contributed by atoms with Crippen molar-refractivity contribution in [3.8, 4) is 39.4 Å². The van der Waals surface area contributed by atoms with Gasteiger partial charge in [-0.25, -0.2) is 19.6 Å². The molecule has 8 rings (SSSR count). The van der Waals surface area contributed by atoms with E-state index in [1.54, 1.807) is 71.6 Å². The van der Waals surface area contributed by atoms with E-state index in [1.807, 2.05) is 24.4 Å². The first kappa shape index (κ1) is 47.2. The maximum atomic E-state index is 11.3. The molecule has 16 nitrogen and oxygen atoms in total. The summed E-state index contributed by atoms with van der Waals surface area (Å²) < 4.78 is 9.87. The number of aromatic nitrogens is 5. The molecule has 4 aromatic heterocycles. The number of carbonyl (C=O) groups is 4. The van der Waals surface area contributed by atoms with Crippen LogP contribution in [-0.2, 0) is 19.1 Å². The number of likely N-dealkylation sites (tertiary alicyclic amines) is 2. The van der Waals surface area contributed by atoms with E-state index < -0.39 is 18.2 Å². The van der Waals surface area contributed by atoms with Crippen LogP contribution in [0, 0.1) is 0 Å². The van der Waals surface area contributed by atoms with Gasteiger partial charge in [0.05, 0.1) is 60.9 Å². The molecule has 0 spiro atoms. The van der Waals surface area contributed by atoms with E-state index in [1.165, 1.54) is 46.6 Å². The van der Waals surface area contributed by atoms with E-state index in [-0.39, 0.29) is 18.2 Å². The Morgan fingerprint density at radius 1 is 0.852 bits per heavy atom. The quantitative estimate of drug-likeness (QED) is 0.0820. The number of aldehydes is 1. The lowest BCUT2D eigenvalue weighted by molar-refractivity contribution is -0.129. The van der Waals surface area contributed by atoms with Crippen molar-refractivity contribution >= 4 is 45.9 Å². The van der Waals surface area contributed by atoms with E-state index in [0.717, 1.165) is 75.4 Å². The number of nitrogens with zero attached hydrogens (tertiary/aromatic N) is 4. The van der Waals surface area contributed by atoms with Crippen LogP contribution in [0.3, 0.4) is 0 Å². The Hall–Kier alpha value is -6.46. The molecule has 2 aliphatic heterocycles. The van der Waals surface area contributed by atoms with E-state index >= 15 is 0 Å². The number of H-pyrrole nitrogens is 3. The lowest BCUT2D eigenvalue weighted by Crippen LogP contribution is -2.38. The van der Waals surface area contributed by atoms with Gasteiger partial charge in [0.2, 0.25) is 5.91 Å². The molecule has 0 radical (unpaired) electrons. The number of nitrogens with one attached hydrogen (secondary N) is 5. The normalized spacial score (nSPS) is 13.4. The average molecular weight is 856 g/mol. The van der Waals surface area contributed by atoms with Crippen LogP contribution in [0.1, 0.15) is 57.6 Å². The molecule has 326 valence electrons. The van der Waals surface area contributed by atoms with Crippen molar-refractivity contribution in [2.45, 2.75) is 52.0 Å². The molecular weight excluding hydrogens is 799 g/mol. The van der Waals surface area contributed by atoms with Crippen LogP contribution in [-0.4, -0.2) is 118 Å². The monoisotopic (exact) mass is 855 g/mol. The number of hydrogen-bond acceptors (Lipinski definition) is 11. The Bertz CT molecular complexity index is 2190. The van der Waals surface area contributed by atoms with Gasteiger partial charge in [-0.15, -0.1) is 11.3 Å². The first-order valence-electron chi connectivity index (χ1n) is 20.2. The lowest BCUT2D eigenvalue weighted by atomic mass is 10.0. The van der Waals surface area contributed by atoms with Crippen LogP contribution in [0.4, 0.5) is 9.59 Å². The molecule has 3 amide bonds. The van der Waals surface area contributed by atoms with Crippen LogP contribution >= 0.6 is 11.3 Å². The van der Waals surface area contributed by atoms with Gasteiger partial charge in [0.25, 0.3) is 0 Å². The summed E-state index contributed by atoms with van der Waals surface area (Å²) in [5, 5.41) is 17.4. The maximum absolute atomic E-state index is 11.3. The van der Waals surface area contributed by atoms with E-state index in [9.17, 15) is 24.3 Å². The standard InChI is InChI=1S/C18H13N5OS.C10H11NO3.C8H14N2O3.C5H11N.C3H8/c24-16-3-10(14-5-19-8-22-14)1-2-11(16)13-7-25-18-12(4-21-17(13)18)15-6-20-9-23-15;1-14-10(13)11-9(7-12)8-5-3-2-4-6-8;1-13-8(12)9-6-7(11)10-4-2-3-5-10;1-6-4-2-3-5-6;1-3-2/h1-9,21,24H,(H,19,22)(H,20,23);2-7,9H,1H3,(H,11,13);2-6H2,1H3,(H,9,12);2-5H2,1H3;3H2,1-2H3. The van der Waals surface area contributed by atoms with E-state index in [0.29, 0.717) is 6.29 Å². The molecule has 6 N–H and O–H groups in total. The third kappa shape index (κ3) is 14.4. The summed E-state index contributed by atoms with van der Waals surface area (Å²) in [6.07, 6.45) is 14.5. The zero-order chi connectivity index (χ0) is 44.0. The number of phenols is 1. The topological polar surface area (TPSA) is 211 Å². The number of aromatic amines is 3. The Balaban J connectivity index is 0.000000194. The number of amides is 3. The second-order valence-corrected chi connectivity index (χ2v) is 14.9. The van der Waals surface area contributed by atoms with Crippen molar-refractivity contribution in [3.05, 3.63) is 90.7 Å². The highest BCUT2D eigenvalue weighted by Crippen LogP contribution is 2.42. The number of thiophene rings is 1. The van der Waals surface area contributed by atoms with Gasteiger partial charge in [0, 0.05) is 46.9 Å². The Morgan fingerprint density at radius 3 is 2.02 bits per heavy atom. The molecule has 17 heteroatoms. The molecular formula is C44H57N9O7S. The summed E-state index contributed by atoms with van der Waals surface area (Å²) in [6, 6.07) is 14.0. The summed E-state index contributed by atoms with van der Waals surface area (Å²) in [4.78, 5) is 65.2. The number of alkyl carbamates (subject to hydrolysis) is 2. The number of methoxy groups -OCH3 is 2. The van der Waals surface area contributed by atoms with Crippen molar-refractivity contribution in [1.82, 2.24) is 45.4 Å². The molecule has 2 aromatic carbocycles. The smallest absolute Gasteiger partial charge is 0.407 e. The molecule has 2 aliphatic rings. The predicted octanol–water partition coefficient (Wildman–Crippen LogP) is 7.76. The van der Waals surface area contributed by atoms with Gasteiger partial charge in [-0.1, -0.05) is 56.7 Å². The summed E-state index contributed by atoms with van der Waals surface area (Å²) in [5.74, 6) is 0.201. The lowest BCUT2D eigenvalue weighted by Gasteiger charge is -2.14. The SMILES string of the molecule is CCC.CN1CCCC1.COC(=O)NC(C=O)c1ccccc1.COC(=O)NCC(=O)N1CCCC1.Oc1cc(-c2cnc[nH]2)ccc1-c1csc2c(-c3cnc[nH]3)c[nH]c12. The molecule has 1 atom stereocenters. The number of rotatable bonds is 8. The second kappa shape index (κ2) is 25.2. The summed E-state index contributed by atoms with van der Waals surface area (Å²) in [7, 11) is 4.70. The highest BCUT2D eigenvalue weighted by molar-refractivity contribution is 7.18. The van der Waals surface area contributed by atoms with E-state index in [4.69, 9.17) is 0 Å². The van der Waals surface area contributed by atoms with Crippen molar-refractivity contribution in [1.29, 1.82) is 0 Å². The Kier molecular flexibility index (Phi) is 19.5. The molecule has 0 aliphatic carbocycles. The Labute approximate surface area is 360 Å². The van der Waals surface area contributed by atoms with Gasteiger partial charge in [0.1, 0.15) is 24.6 Å². The highest BCUT2D eigenvalue weighted by atomic mass is 32.1. The number of carbonyl (C=O) groups excluding carboxylic acids is 4. The Morgan fingerprint density at radius 2 is 1.48 bits per heavy atom. The highest BCUT2D eigenvalue weighted by Gasteiger charge is 2.19. The third-order valence-electron chi connectivity index (χ3n) is 9.39. The molecule has 2 fully saturated rings. The van der Waals surface area contributed by atoms with Crippen LogP contribution in [0.15, 0.2) is 85.2 Å². The number of phenolic OH excluding ortho intramolecular Hbond substituents is 1. The minimum Gasteiger partial charge on any atom is -0.507 e. The number of ether oxygens (including phenoxy) is 2. The van der Waals surface area contributed by atoms with Gasteiger partial charge < -0.3 is 54.8 Å². The molecule has 0 saturated carbocycles. The number of benzene rings is 2. The minimum absolute atomic E-state index is 0.0344. The van der Waals surface area contributed by atoms with Crippen molar-refractivity contribution in [2.75, 3.05) is 54.0 Å². The average Bonchev–Trinajstić information content (AvgIpc) is 4.13. The first-order chi connectivity index (χ1) is 29.6. The third-order valence-corrected chi connectivity index (χ3v) is 10.4. The summed E-state index contributed by atoms with van der Waals surface area (Å²) in [5.41, 5.74) is 7.35. The fourth-order valence-electron chi connectivity index (χ4n) is 6.27. The van der Waals surface area contributed by atoms with Crippen molar-refractivity contribution in [3.63, 3.8) is 0 Å². The molecule has 2 saturated heterocycles. The van der Waals surface area contributed by atoms with Crippen molar-refractivity contribution < 1.29 is 33.8 Å². The zero-order valence-electron chi connectivity index (χ0n) is 35.4. The van der Waals surface area contributed by atoms with Crippen LogP contribution in [0.2, 0.25) is 0 Å². The van der Waals surface area contributed by atoms with Gasteiger partial charge in [-0.3, -0.25) is 4.79 Å². The fourth-order valence-corrected chi connectivity index (χ4v) is 7.33. The van der Waals surface area contributed by atoms with Gasteiger partial charge in [-0.05, 0) is 63.5 Å². The molecule has 61 heavy (non-hydrogen) atoms. The molecule has 1 unspecified atom stereocenters. The molecule has 6 aromatic rings. The minimum atomic E-state index is -0.649. The first-order valence-corrected chi connectivity index (χ1v) is 21.0. The van der Waals surface area contributed by atoms with Crippen LogP contribution < -0.4 is 10.6 Å². The van der Waals surface area contributed by atoms with E-state index in [2.05, 4.69) is 76.2 Å². The second-order valence-electron chi connectivity index (χ2n) is 14.0. The maximum Gasteiger partial charge on any atom is 0.407 e. The zero-order valence-corrected chi connectivity index (χ0v) is 36.2. The van der Waals surface area contributed by atoms with Crippen LogP contribution in [0.25, 0.3) is 43.9 Å². The molecule has 6 heterocycles. The number of hydrogen-bond donors (Lipinski definition) is 6. The van der Waals surface area contributed by atoms with Crippen molar-refractivity contribution in [2.24, 2.45) is 0 Å². The number of imidazole rings is 2. The predicted molar refractivity (Wildman–Crippen MR) is 238 cm³/mol. The van der Waals surface area contributed by atoms with Gasteiger partial charge >= 0.3 is 12.2 Å². The van der Waals surface area contributed by atoms with Crippen LogP contribution in [0.5, 0.6) is 5.75 Å². The van der Waals surface area contributed by atoms with Gasteiger partial charge in [-0.2, -0.15) is 0 Å². The molecule has 0 bridgehead atoms. The summed E-state index contributed by atoms with van der Waals surface area (Å²) in [6.45, 7) is 8.54. The van der Waals surface area contributed by atoms with Gasteiger partial charge in [0.15, 0.2) is 0 Å². The fraction of sp³-hybridized carbons (Fsp3) is 0.364. The number of fused-ring (bicyclic) bond motifs is 1. The summed E-state index contributed by atoms with van der Waals surface area (Å²) >= 11 is 1.64. The number of aromatic hydroxyl groups is 1. The largest absolute Gasteiger partial charge is 0.507 e.